The summed E-state index contributed by atoms with van der Waals surface area (Å²) in [5.41, 5.74) is 1.11. The molecule has 0 heterocycles. The highest BCUT2D eigenvalue weighted by molar-refractivity contribution is 5.97. The second-order valence-corrected chi connectivity index (χ2v) is 4.56. The van der Waals surface area contributed by atoms with Gasteiger partial charge in [0.1, 0.15) is 0 Å². The van der Waals surface area contributed by atoms with E-state index in [4.69, 9.17) is 0 Å². The fourth-order valence-electron chi connectivity index (χ4n) is 2.17. The Hall–Kier alpha value is -0.590. The number of allylic oxidation sites excluding steroid dienone is 2. The molecule has 86 valence electrons. The van der Waals surface area contributed by atoms with Gasteiger partial charge in [-0.25, -0.2) is 0 Å². The first kappa shape index (κ1) is 12.5. The quantitative estimate of drug-likeness (QED) is 0.540. The second kappa shape index (κ2) is 7.67. The lowest BCUT2D eigenvalue weighted by Crippen LogP contribution is -1.95. The van der Waals surface area contributed by atoms with Gasteiger partial charge in [0.25, 0.3) is 0 Å². The summed E-state index contributed by atoms with van der Waals surface area (Å²) in [4.78, 5) is 11.3. The third kappa shape index (κ3) is 5.15. The molecule has 0 unspecified atom stereocenters. The van der Waals surface area contributed by atoms with Crippen molar-refractivity contribution in [3.05, 3.63) is 11.6 Å². The van der Waals surface area contributed by atoms with Crippen molar-refractivity contribution in [2.45, 2.75) is 71.1 Å². The number of carbonyl (C=O) groups is 1. The van der Waals surface area contributed by atoms with E-state index in [0.29, 0.717) is 5.78 Å². The van der Waals surface area contributed by atoms with Gasteiger partial charge in [-0.15, -0.1) is 0 Å². The molecule has 0 aromatic carbocycles. The van der Waals surface area contributed by atoms with Gasteiger partial charge in [0.05, 0.1) is 0 Å². The molecular weight excluding hydrogens is 184 g/mol. The van der Waals surface area contributed by atoms with Crippen molar-refractivity contribution in [3.8, 4) is 0 Å². The molecule has 1 nitrogen and oxygen atoms in total. The third-order valence-corrected chi connectivity index (χ3v) is 3.17. The lowest BCUT2D eigenvalue weighted by Gasteiger charge is -2.01. The molecule has 1 heteroatoms. The first-order valence-corrected chi connectivity index (χ1v) is 6.57. The van der Waals surface area contributed by atoms with Crippen LogP contribution in [0.2, 0.25) is 0 Å². The van der Waals surface area contributed by atoms with Crippen LogP contribution in [0.4, 0.5) is 0 Å². The molecule has 0 saturated carbocycles. The fourth-order valence-corrected chi connectivity index (χ4v) is 2.17. The summed E-state index contributed by atoms with van der Waals surface area (Å²) < 4.78 is 0. The summed E-state index contributed by atoms with van der Waals surface area (Å²) in [5.74, 6) is 0.404. The normalized spacial score (nSPS) is 15.8. The Balaban J connectivity index is 1.91. The van der Waals surface area contributed by atoms with Crippen LogP contribution in [0.15, 0.2) is 11.6 Å². The molecule has 0 aromatic rings. The number of hydrogen-bond donors (Lipinski definition) is 0. The molecule has 0 amide bonds. The maximum atomic E-state index is 11.3. The molecule has 0 atom stereocenters. The zero-order valence-electron chi connectivity index (χ0n) is 10.1. The van der Waals surface area contributed by atoms with Crippen molar-refractivity contribution in [1.82, 2.24) is 0 Å². The van der Waals surface area contributed by atoms with Crippen molar-refractivity contribution in [2.75, 3.05) is 0 Å². The largest absolute Gasteiger partial charge is 0.295 e. The number of Topliss-reactive ketones (excluding diaryl/α,β-unsaturated/α-hetero) is 1. The van der Waals surface area contributed by atoms with Gasteiger partial charge in [-0.2, -0.15) is 0 Å². The number of hydrogen-bond acceptors (Lipinski definition) is 1. The number of rotatable bonds is 8. The topological polar surface area (TPSA) is 17.1 Å². The van der Waals surface area contributed by atoms with Gasteiger partial charge in [0.15, 0.2) is 5.78 Å². The highest BCUT2D eigenvalue weighted by Crippen LogP contribution is 2.20. The standard InChI is InChI=1S/C14H24O/c1-2-3-4-5-6-7-8-10-13-11-9-12-14(13)15/h11H,2-10,12H2,1H3. The van der Waals surface area contributed by atoms with Gasteiger partial charge < -0.3 is 0 Å². The van der Waals surface area contributed by atoms with Crippen molar-refractivity contribution in [3.63, 3.8) is 0 Å². The van der Waals surface area contributed by atoms with Crippen LogP contribution < -0.4 is 0 Å². The number of unbranched alkanes of at least 4 members (excludes halogenated alkanes) is 6. The second-order valence-electron chi connectivity index (χ2n) is 4.56. The molecule has 0 saturated heterocycles. The summed E-state index contributed by atoms with van der Waals surface area (Å²) in [6.07, 6.45) is 14.3. The van der Waals surface area contributed by atoms with Crippen LogP contribution in [0.5, 0.6) is 0 Å². The number of ketones is 1. The molecular formula is C14H24O. The summed E-state index contributed by atoms with van der Waals surface area (Å²) in [6, 6.07) is 0. The molecule has 1 aliphatic rings. The molecule has 0 spiro atoms. The maximum Gasteiger partial charge on any atom is 0.158 e. The Bertz CT molecular complexity index is 215. The summed E-state index contributed by atoms with van der Waals surface area (Å²) in [7, 11) is 0. The summed E-state index contributed by atoms with van der Waals surface area (Å²) in [5, 5.41) is 0. The molecule has 1 rings (SSSR count). The van der Waals surface area contributed by atoms with Crippen LogP contribution in [0.1, 0.15) is 71.1 Å². The first-order valence-electron chi connectivity index (χ1n) is 6.57. The van der Waals surface area contributed by atoms with E-state index >= 15 is 0 Å². The minimum absolute atomic E-state index is 0.404. The van der Waals surface area contributed by atoms with E-state index < -0.39 is 0 Å². The Morgan fingerprint density at radius 3 is 2.33 bits per heavy atom. The molecule has 1 aliphatic carbocycles. The van der Waals surface area contributed by atoms with E-state index in [0.717, 1.165) is 24.8 Å². The van der Waals surface area contributed by atoms with Crippen LogP contribution in [-0.2, 0) is 4.79 Å². The molecule has 0 N–H and O–H groups in total. The van der Waals surface area contributed by atoms with E-state index in [-0.39, 0.29) is 0 Å². The Morgan fingerprint density at radius 2 is 1.73 bits per heavy atom. The van der Waals surface area contributed by atoms with Crippen molar-refractivity contribution >= 4 is 5.78 Å². The van der Waals surface area contributed by atoms with Gasteiger partial charge in [-0.1, -0.05) is 51.5 Å². The van der Waals surface area contributed by atoms with E-state index in [1.54, 1.807) is 0 Å². The lowest BCUT2D eigenvalue weighted by atomic mass is 10.0. The van der Waals surface area contributed by atoms with Crippen molar-refractivity contribution < 1.29 is 4.79 Å². The Morgan fingerprint density at radius 1 is 1.07 bits per heavy atom. The molecule has 0 bridgehead atoms. The lowest BCUT2D eigenvalue weighted by molar-refractivity contribution is -0.115. The highest BCUT2D eigenvalue weighted by Gasteiger charge is 2.13. The van der Waals surface area contributed by atoms with E-state index in [1.807, 2.05) is 0 Å². The zero-order chi connectivity index (χ0) is 10.9. The fraction of sp³-hybridized carbons (Fsp3) is 0.786. The minimum Gasteiger partial charge on any atom is -0.295 e. The van der Waals surface area contributed by atoms with Crippen molar-refractivity contribution in [2.24, 2.45) is 0 Å². The molecule has 15 heavy (non-hydrogen) atoms. The van der Waals surface area contributed by atoms with Gasteiger partial charge in [0, 0.05) is 6.42 Å². The molecule has 0 aliphatic heterocycles. The predicted octanol–water partition coefficient (Wildman–Crippen LogP) is 4.42. The van der Waals surface area contributed by atoms with Gasteiger partial charge in [-0.05, 0) is 24.8 Å². The summed E-state index contributed by atoms with van der Waals surface area (Å²) in [6.45, 7) is 2.25. The van der Waals surface area contributed by atoms with Crippen LogP contribution in [0.25, 0.3) is 0 Å². The van der Waals surface area contributed by atoms with E-state index in [2.05, 4.69) is 13.0 Å². The minimum atomic E-state index is 0.404. The van der Waals surface area contributed by atoms with Gasteiger partial charge in [-0.3, -0.25) is 4.79 Å². The van der Waals surface area contributed by atoms with Gasteiger partial charge >= 0.3 is 0 Å². The Kier molecular flexibility index (Phi) is 6.38. The van der Waals surface area contributed by atoms with Crippen LogP contribution in [-0.4, -0.2) is 5.78 Å². The molecule has 0 aromatic heterocycles. The zero-order valence-corrected chi connectivity index (χ0v) is 10.1. The average molecular weight is 208 g/mol. The first-order chi connectivity index (χ1) is 7.34. The summed E-state index contributed by atoms with van der Waals surface area (Å²) >= 11 is 0. The van der Waals surface area contributed by atoms with Crippen LogP contribution in [0.3, 0.4) is 0 Å². The van der Waals surface area contributed by atoms with Crippen LogP contribution >= 0.6 is 0 Å². The third-order valence-electron chi connectivity index (χ3n) is 3.17. The van der Waals surface area contributed by atoms with E-state index in [9.17, 15) is 4.79 Å². The Labute approximate surface area is 93.9 Å². The number of carbonyl (C=O) groups excluding carboxylic acids is 1. The monoisotopic (exact) mass is 208 g/mol. The smallest absolute Gasteiger partial charge is 0.158 e. The predicted molar refractivity (Wildman–Crippen MR) is 64.9 cm³/mol. The van der Waals surface area contributed by atoms with Gasteiger partial charge in [0.2, 0.25) is 0 Å². The van der Waals surface area contributed by atoms with Crippen LogP contribution in [0, 0.1) is 0 Å². The SMILES string of the molecule is CCCCCCCCCC1=CCCC1=O. The van der Waals surface area contributed by atoms with Crippen molar-refractivity contribution in [1.29, 1.82) is 0 Å². The average Bonchev–Trinajstić information content (AvgIpc) is 2.63. The van der Waals surface area contributed by atoms with E-state index in [1.165, 1.54) is 44.9 Å². The highest BCUT2D eigenvalue weighted by atomic mass is 16.1. The molecule has 0 fully saturated rings. The maximum absolute atomic E-state index is 11.3. The molecule has 0 radical (unpaired) electrons.